The number of aromatic nitrogens is 2. The molecule has 3 aliphatic heterocycles. The van der Waals surface area contributed by atoms with E-state index in [2.05, 4.69) is 96.5 Å². The molecule has 3 fully saturated rings. The Labute approximate surface area is 224 Å². The van der Waals surface area contributed by atoms with E-state index in [1.807, 2.05) is 12.1 Å². The van der Waals surface area contributed by atoms with Crippen LogP contribution >= 0.6 is 0 Å². The summed E-state index contributed by atoms with van der Waals surface area (Å²) in [4.78, 5) is 15.0. The van der Waals surface area contributed by atoms with Gasteiger partial charge in [0.05, 0.1) is 5.69 Å². The van der Waals surface area contributed by atoms with E-state index in [1.54, 1.807) is 0 Å². The van der Waals surface area contributed by atoms with Gasteiger partial charge in [-0.25, -0.2) is 4.79 Å². The second-order valence-electron chi connectivity index (χ2n) is 11.2. The van der Waals surface area contributed by atoms with Gasteiger partial charge < -0.3 is 4.74 Å². The van der Waals surface area contributed by atoms with Crippen LogP contribution < -0.4 is 5.32 Å². The van der Waals surface area contributed by atoms with E-state index < -0.39 is 0 Å². The number of aryl methyl sites for hydroxylation is 1. The molecule has 2 bridgehead atoms. The van der Waals surface area contributed by atoms with E-state index in [0.717, 1.165) is 36.5 Å². The molecule has 1 N–H and O–H groups in total. The van der Waals surface area contributed by atoms with Crippen molar-refractivity contribution in [3.63, 3.8) is 0 Å². The van der Waals surface area contributed by atoms with Crippen LogP contribution in [0.4, 0.5) is 10.5 Å². The number of anilines is 1. The van der Waals surface area contributed by atoms with Crippen molar-refractivity contribution in [1.82, 2.24) is 14.7 Å². The molecule has 196 valence electrons. The third kappa shape index (κ3) is 4.93. The minimum atomic E-state index is -0.381. The smallest absolute Gasteiger partial charge is 0.411 e. The van der Waals surface area contributed by atoms with Gasteiger partial charge in [0.2, 0.25) is 0 Å². The lowest BCUT2D eigenvalue weighted by Gasteiger charge is -2.49. The van der Waals surface area contributed by atoms with Crippen LogP contribution in [-0.4, -0.2) is 46.5 Å². The Morgan fingerprint density at radius 2 is 1.84 bits per heavy atom. The average molecular weight is 509 g/mol. The van der Waals surface area contributed by atoms with Crippen molar-refractivity contribution in [2.24, 2.45) is 13.0 Å². The number of rotatable bonds is 6. The van der Waals surface area contributed by atoms with Gasteiger partial charge in [-0.15, -0.1) is 0 Å². The highest BCUT2D eigenvalue weighted by Crippen LogP contribution is 2.42. The highest BCUT2D eigenvalue weighted by molar-refractivity contribution is 5.87. The maximum atomic E-state index is 12.5. The molecule has 4 aromatic rings. The van der Waals surface area contributed by atoms with E-state index in [1.165, 1.54) is 28.5 Å². The second kappa shape index (κ2) is 10.3. The fraction of sp³-hybridized carbons (Fsp3) is 0.375. The molecule has 0 aliphatic carbocycles. The van der Waals surface area contributed by atoms with Gasteiger partial charge in [0, 0.05) is 42.5 Å². The molecule has 0 spiro atoms. The largest absolute Gasteiger partial charge is 0.448 e. The lowest BCUT2D eigenvalue weighted by Crippen LogP contribution is -2.54. The molecule has 3 unspecified atom stereocenters. The summed E-state index contributed by atoms with van der Waals surface area (Å²) in [7, 11) is 2.07. The van der Waals surface area contributed by atoms with Crippen molar-refractivity contribution in [2.75, 3.05) is 25.0 Å². The molecule has 6 heteroatoms. The number of nitrogens with one attached hydrogen (secondary N) is 1. The Morgan fingerprint density at radius 3 is 2.58 bits per heavy atom. The molecule has 4 atom stereocenters. The molecular weight excluding hydrogens is 472 g/mol. The summed E-state index contributed by atoms with van der Waals surface area (Å²) >= 11 is 0. The first kappa shape index (κ1) is 24.7. The Kier molecular flexibility index (Phi) is 6.66. The Bertz CT molecular complexity index is 1440. The zero-order valence-electron chi connectivity index (χ0n) is 22.4. The Morgan fingerprint density at radius 1 is 1.05 bits per heavy atom. The van der Waals surface area contributed by atoms with E-state index in [4.69, 9.17) is 9.84 Å². The van der Waals surface area contributed by atoms with E-state index in [0.29, 0.717) is 24.4 Å². The zero-order valence-corrected chi connectivity index (χ0v) is 22.4. The number of piperidine rings is 3. The summed E-state index contributed by atoms with van der Waals surface area (Å²) < 4.78 is 7.74. The number of amides is 1. The molecule has 0 saturated carbocycles. The minimum Gasteiger partial charge on any atom is -0.448 e. The topological polar surface area (TPSA) is 59.4 Å². The number of benzene rings is 3. The monoisotopic (exact) mass is 508 g/mol. The third-order valence-electron chi connectivity index (χ3n) is 8.45. The number of nitrogens with zero attached hydrogens (tertiary/aromatic N) is 3. The van der Waals surface area contributed by atoms with Gasteiger partial charge in [0.1, 0.15) is 6.61 Å². The quantitative estimate of drug-likeness (QED) is 0.312. The van der Waals surface area contributed by atoms with Crippen molar-refractivity contribution >= 4 is 22.6 Å². The van der Waals surface area contributed by atoms with Crippen LogP contribution in [0.3, 0.4) is 0 Å². The van der Waals surface area contributed by atoms with Gasteiger partial charge in [0.15, 0.2) is 0 Å². The Hall–Kier alpha value is -3.64. The molecule has 6 nitrogen and oxygen atoms in total. The van der Waals surface area contributed by atoms with Crippen molar-refractivity contribution in [3.05, 3.63) is 84.1 Å². The first-order chi connectivity index (χ1) is 18.4. The highest BCUT2D eigenvalue weighted by Gasteiger charge is 2.42. The number of hydrogen-bond acceptors (Lipinski definition) is 4. The average Bonchev–Trinajstić information content (AvgIpc) is 3.33. The summed E-state index contributed by atoms with van der Waals surface area (Å²) in [5, 5.41) is 10.3. The fourth-order valence-corrected chi connectivity index (χ4v) is 6.24. The highest BCUT2D eigenvalue weighted by atomic mass is 16.5. The van der Waals surface area contributed by atoms with Crippen molar-refractivity contribution in [2.45, 2.75) is 44.6 Å². The van der Waals surface area contributed by atoms with E-state index in [9.17, 15) is 4.79 Å². The molecule has 4 heterocycles. The summed E-state index contributed by atoms with van der Waals surface area (Å²) in [6.07, 6.45) is 1.83. The van der Waals surface area contributed by atoms with Crippen LogP contribution in [0.1, 0.15) is 49.8 Å². The van der Waals surface area contributed by atoms with Crippen molar-refractivity contribution in [3.8, 4) is 11.3 Å². The summed E-state index contributed by atoms with van der Waals surface area (Å²) in [6, 6.07) is 25.6. The normalized spacial score (nSPS) is 22.6. The lowest BCUT2D eigenvalue weighted by molar-refractivity contribution is -0.00222. The first-order valence-electron chi connectivity index (χ1n) is 13.8. The summed E-state index contributed by atoms with van der Waals surface area (Å²) in [6.45, 7) is 6.78. The predicted molar refractivity (Wildman–Crippen MR) is 152 cm³/mol. The van der Waals surface area contributed by atoms with Gasteiger partial charge >= 0.3 is 6.09 Å². The maximum absolute atomic E-state index is 12.5. The fourth-order valence-electron chi connectivity index (χ4n) is 6.24. The number of carbonyl (C=O) groups excluding carboxylic acids is 1. The molecule has 3 saturated heterocycles. The van der Waals surface area contributed by atoms with E-state index >= 15 is 0 Å². The maximum Gasteiger partial charge on any atom is 0.411 e. The molecular formula is C32H36N4O2. The van der Waals surface area contributed by atoms with Crippen LogP contribution in [0.5, 0.6) is 0 Å². The zero-order chi connectivity index (χ0) is 26.2. The SMILES string of the molecule is CC(C)c1ccc(NC(=O)OCC2C[C@@H]3CCN2CC3c2cc(-c3ccc4ccccc4c3)nn2C)cc1. The van der Waals surface area contributed by atoms with E-state index in [-0.39, 0.29) is 12.1 Å². The van der Waals surface area contributed by atoms with Crippen LogP contribution in [0.15, 0.2) is 72.8 Å². The molecule has 1 amide bonds. The number of ether oxygens (including phenoxy) is 1. The van der Waals surface area contributed by atoms with Crippen LogP contribution in [0.25, 0.3) is 22.0 Å². The minimum absolute atomic E-state index is 0.271. The lowest BCUT2D eigenvalue weighted by atomic mass is 9.74. The second-order valence-corrected chi connectivity index (χ2v) is 11.2. The third-order valence-corrected chi connectivity index (χ3v) is 8.45. The van der Waals surface area contributed by atoms with Crippen molar-refractivity contribution in [1.29, 1.82) is 0 Å². The van der Waals surface area contributed by atoms with Crippen LogP contribution in [0.2, 0.25) is 0 Å². The van der Waals surface area contributed by atoms with Gasteiger partial charge in [0.25, 0.3) is 0 Å². The Balaban J connectivity index is 1.08. The summed E-state index contributed by atoms with van der Waals surface area (Å²) in [5.41, 5.74) is 5.50. The van der Waals surface area contributed by atoms with Crippen LogP contribution in [0, 0.1) is 5.92 Å². The molecule has 1 aromatic heterocycles. The number of fused-ring (bicyclic) bond motifs is 4. The van der Waals surface area contributed by atoms with Gasteiger partial charge in [-0.3, -0.25) is 14.9 Å². The van der Waals surface area contributed by atoms with Crippen molar-refractivity contribution < 1.29 is 9.53 Å². The summed E-state index contributed by atoms with van der Waals surface area (Å²) in [5.74, 6) is 1.48. The van der Waals surface area contributed by atoms with Gasteiger partial charge in [-0.1, -0.05) is 62.4 Å². The number of hydrogen-bond donors (Lipinski definition) is 1. The molecule has 0 radical (unpaired) electrons. The molecule has 38 heavy (non-hydrogen) atoms. The standard InChI is InChI=1S/C32H36N4O2/c1-21(2)22-10-12-27(13-11-22)33-32(37)38-20-28-17-25-14-15-36(28)19-29(25)31-18-30(34-35(31)3)26-9-8-23-6-4-5-7-24(23)16-26/h4-13,16,18,21,25,28-29H,14-15,17,19-20H2,1-3H3,(H,33,37)/t25-,28?,29?/m0/s1. The molecule has 3 aromatic carbocycles. The van der Waals surface area contributed by atoms with Crippen LogP contribution in [-0.2, 0) is 11.8 Å². The predicted octanol–water partition coefficient (Wildman–Crippen LogP) is 6.79. The van der Waals surface area contributed by atoms with Gasteiger partial charge in [-0.05, 0) is 71.8 Å². The molecule has 7 rings (SSSR count). The van der Waals surface area contributed by atoms with Gasteiger partial charge in [-0.2, -0.15) is 5.10 Å². The first-order valence-corrected chi connectivity index (χ1v) is 13.8. The molecule has 3 aliphatic rings. The number of carbonyl (C=O) groups is 1.